The molecule has 0 aromatic heterocycles. The summed E-state index contributed by atoms with van der Waals surface area (Å²) in [5, 5.41) is 0.720. The van der Waals surface area contributed by atoms with Crippen LogP contribution in [0.5, 0.6) is 11.5 Å². The summed E-state index contributed by atoms with van der Waals surface area (Å²) in [5.74, 6) is 1.60. The molecule has 2 aromatic carbocycles. The fourth-order valence-electron chi connectivity index (χ4n) is 2.45. The number of rotatable bonds is 8. The minimum Gasteiger partial charge on any atom is -0.493 e. The van der Waals surface area contributed by atoms with Gasteiger partial charge in [0.1, 0.15) is 6.61 Å². The van der Waals surface area contributed by atoms with Gasteiger partial charge >= 0.3 is 0 Å². The van der Waals surface area contributed by atoms with Crippen LogP contribution in [-0.2, 0) is 13.0 Å². The van der Waals surface area contributed by atoms with Crippen molar-refractivity contribution in [3.8, 4) is 11.5 Å². The first-order valence-electron chi connectivity index (χ1n) is 7.78. The van der Waals surface area contributed by atoms with Gasteiger partial charge in [0.25, 0.3) is 0 Å². The normalized spacial score (nSPS) is 10.8. The van der Waals surface area contributed by atoms with Crippen LogP contribution in [0.15, 0.2) is 42.5 Å². The average molecular weight is 334 g/mol. The summed E-state index contributed by atoms with van der Waals surface area (Å²) in [6.07, 6.45) is 2.04. The Morgan fingerprint density at radius 1 is 1.09 bits per heavy atom. The highest BCUT2D eigenvalue weighted by Gasteiger charge is 2.11. The molecule has 0 N–H and O–H groups in total. The summed E-state index contributed by atoms with van der Waals surface area (Å²) in [5.41, 5.74) is 2.22. The molecule has 0 saturated carbocycles. The first-order chi connectivity index (χ1) is 11.1. The van der Waals surface area contributed by atoms with Gasteiger partial charge in [-0.1, -0.05) is 35.9 Å². The number of methoxy groups -OCH3 is 1. The average Bonchev–Trinajstić information content (AvgIpc) is 2.53. The van der Waals surface area contributed by atoms with E-state index < -0.39 is 0 Å². The number of para-hydroxylation sites is 1. The van der Waals surface area contributed by atoms with Crippen LogP contribution in [-0.4, -0.2) is 32.6 Å². The number of benzene rings is 2. The van der Waals surface area contributed by atoms with Gasteiger partial charge in [0.05, 0.1) is 7.11 Å². The second-order valence-corrected chi connectivity index (χ2v) is 6.21. The second kappa shape index (κ2) is 8.80. The van der Waals surface area contributed by atoms with Crippen LogP contribution in [0.3, 0.4) is 0 Å². The maximum absolute atomic E-state index is 6.06. The first-order valence-corrected chi connectivity index (χ1v) is 8.16. The number of nitrogens with zero attached hydrogens (tertiary/aromatic N) is 1. The fraction of sp³-hybridized carbons (Fsp3) is 0.368. The molecule has 0 atom stereocenters. The van der Waals surface area contributed by atoms with Crippen LogP contribution in [0.2, 0.25) is 5.02 Å². The Kier molecular flexibility index (Phi) is 6.75. The van der Waals surface area contributed by atoms with Crippen molar-refractivity contribution in [1.82, 2.24) is 4.90 Å². The van der Waals surface area contributed by atoms with Crippen LogP contribution in [0.25, 0.3) is 0 Å². The lowest BCUT2D eigenvalue weighted by Gasteiger charge is -2.16. The minimum absolute atomic E-state index is 0.474. The molecule has 4 heteroatoms. The Morgan fingerprint density at radius 3 is 2.57 bits per heavy atom. The molecule has 3 nitrogen and oxygen atoms in total. The molecule has 0 saturated heterocycles. The zero-order valence-corrected chi connectivity index (χ0v) is 14.8. The molecule has 0 amide bonds. The van der Waals surface area contributed by atoms with Crippen LogP contribution in [0, 0.1) is 0 Å². The molecule has 0 heterocycles. The van der Waals surface area contributed by atoms with Crippen LogP contribution >= 0.6 is 11.6 Å². The van der Waals surface area contributed by atoms with Crippen molar-refractivity contribution in [2.24, 2.45) is 0 Å². The van der Waals surface area contributed by atoms with Crippen molar-refractivity contribution in [2.75, 3.05) is 27.7 Å². The molecule has 0 spiro atoms. The molecule has 0 aliphatic heterocycles. The van der Waals surface area contributed by atoms with Crippen LogP contribution in [0.1, 0.15) is 17.5 Å². The Labute approximate surface area is 143 Å². The van der Waals surface area contributed by atoms with Gasteiger partial charge in [-0.05, 0) is 62.8 Å². The Bertz CT molecular complexity index is 629. The SMILES string of the molecule is COc1cccc(CCCN(C)C)c1OCc1cccc(Cl)c1. The molecule has 124 valence electrons. The van der Waals surface area contributed by atoms with Crippen molar-refractivity contribution >= 4 is 11.6 Å². The molecule has 2 aromatic rings. The van der Waals surface area contributed by atoms with E-state index in [1.54, 1.807) is 7.11 Å². The Hall–Kier alpha value is -1.71. The van der Waals surface area contributed by atoms with E-state index in [-0.39, 0.29) is 0 Å². The number of hydrogen-bond acceptors (Lipinski definition) is 3. The van der Waals surface area contributed by atoms with Gasteiger partial charge in [-0.15, -0.1) is 0 Å². The van der Waals surface area contributed by atoms with Gasteiger partial charge in [0, 0.05) is 5.02 Å². The quantitative estimate of drug-likeness (QED) is 0.713. The lowest BCUT2D eigenvalue weighted by Crippen LogP contribution is -2.13. The minimum atomic E-state index is 0.474. The van der Waals surface area contributed by atoms with E-state index in [1.807, 2.05) is 36.4 Å². The highest BCUT2D eigenvalue weighted by Crippen LogP contribution is 2.32. The number of hydrogen-bond donors (Lipinski definition) is 0. The first kappa shape index (κ1) is 17.6. The van der Waals surface area contributed by atoms with Crippen molar-refractivity contribution in [2.45, 2.75) is 19.4 Å². The maximum Gasteiger partial charge on any atom is 0.164 e. The van der Waals surface area contributed by atoms with E-state index in [0.29, 0.717) is 6.61 Å². The van der Waals surface area contributed by atoms with Gasteiger partial charge in [-0.25, -0.2) is 0 Å². The largest absolute Gasteiger partial charge is 0.493 e. The molecule has 2 rings (SSSR count). The van der Waals surface area contributed by atoms with Crippen LogP contribution < -0.4 is 9.47 Å². The molecule has 0 aliphatic rings. The molecular formula is C19H24ClNO2. The van der Waals surface area contributed by atoms with E-state index in [9.17, 15) is 0 Å². The highest BCUT2D eigenvalue weighted by molar-refractivity contribution is 6.30. The van der Waals surface area contributed by atoms with E-state index in [1.165, 1.54) is 5.56 Å². The zero-order valence-electron chi connectivity index (χ0n) is 14.0. The monoisotopic (exact) mass is 333 g/mol. The molecule has 0 fully saturated rings. The smallest absolute Gasteiger partial charge is 0.164 e. The van der Waals surface area contributed by atoms with Gasteiger partial charge in [0.2, 0.25) is 0 Å². The van der Waals surface area contributed by atoms with E-state index >= 15 is 0 Å². The Balaban J connectivity index is 2.11. The fourth-order valence-corrected chi connectivity index (χ4v) is 2.66. The highest BCUT2D eigenvalue weighted by atomic mass is 35.5. The van der Waals surface area contributed by atoms with Gasteiger partial charge in [-0.2, -0.15) is 0 Å². The number of ether oxygens (including phenoxy) is 2. The van der Waals surface area contributed by atoms with Crippen LogP contribution in [0.4, 0.5) is 0 Å². The molecule has 0 aliphatic carbocycles. The predicted octanol–water partition coefficient (Wildman–Crippen LogP) is 4.42. The third kappa shape index (κ3) is 5.45. The molecular weight excluding hydrogens is 310 g/mol. The molecule has 23 heavy (non-hydrogen) atoms. The summed E-state index contributed by atoms with van der Waals surface area (Å²) >= 11 is 6.03. The summed E-state index contributed by atoms with van der Waals surface area (Å²) in [4.78, 5) is 2.19. The maximum atomic E-state index is 6.06. The van der Waals surface area contributed by atoms with E-state index in [2.05, 4.69) is 25.1 Å². The lowest BCUT2D eigenvalue weighted by molar-refractivity contribution is 0.280. The summed E-state index contributed by atoms with van der Waals surface area (Å²) in [7, 11) is 5.84. The lowest BCUT2D eigenvalue weighted by atomic mass is 10.1. The standard InChI is InChI=1S/C19H24ClNO2/c1-21(2)12-6-9-16-8-5-11-18(22-3)19(16)23-14-15-7-4-10-17(20)13-15/h4-5,7-8,10-11,13H,6,9,12,14H2,1-3H3. The van der Waals surface area contributed by atoms with Gasteiger partial charge < -0.3 is 14.4 Å². The van der Waals surface area contributed by atoms with Crippen molar-refractivity contribution in [1.29, 1.82) is 0 Å². The van der Waals surface area contributed by atoms with E-state index in [0.717, 1.165) is 41.5 Å². The summed E-state index contributed by atoms with van der Waals surface area (Å²) in [6.45, 7) is 1.52. The third-order valence-corrected chi connectivity index (χ3v) is 3.84. The molecule has 0 radical (unpaired) electrons. The summed E-state index contributed by atoms with van der Waals surface area (Å²) < 4.78 is 11.5. The predicted molar refractivity (Wildman–Crippen MR) is 95.7 cm³/mol. The molecule has 0 bridgehead atoms. The van der Waals surface area contributed by atoms with Gasteiger partial charge in [-0.3, -0.25) is 0 Å². The van der Waals surface area contributed by atoms with Crippen molar-refractivity contribution < 1.29 is 9.47 Å². The van der Waals surface area contributed by atoms with Crippen molar-refractivity contribution in [3.05, 3.63) is 58.6 Å². The molecule has 0 unspecified atom stereocenters. The van der Waals surface area contributed by atoms with Crippen molar-refractivity contribution in [3.63, 3.8) is 0 Å². The second-order valence-electron chi connectivity index (χ2n) is 5.77. The van der Waals surface area contributed by atoms with E-state index in [4.69, 9.17) is 21.1 Å². The number of aryl methyl sites for hydroxylation is 1. The Morgan fingerprint density at radius 2 is 1.87 bits per heavy atom. The zero-order chi connectivity index (χ0) is 16.7. The third-order valence-electron chi connectivity index (χ3n) is 3.60. The topological polar surface area (TPSA) is 21.7 Å². The number of halogens is 1. The van der Waals surface area contributed by atoms with Gasteiger partial charge in [0.15, 0.2) is 11.5 Å². The summed E-state index contributed by atoms with van der Waals surface area (Å²) in [6, 6.07) is 13.8.